The second kappa shape index (κ2) is 8.80. The number of carbonyl (C=O) groups excluding carboxylic acids is 3. The van der Waals surface area contributed by atoms with Crippen LogP contribution < -0.4 is 5.56 Å². The van der Waals surface area contributed by atoms with Crippen LogP contribution >= 0.6 is 0 Å². The molecule has 3 aromatic rings. The van der Waals surface area contributed by atoms with Crippen molar-refractivity contribution in [2.24, 2.45) is 0 Å². The average Bonchev–Trinajstić information content (AvgIpc) is 3.13. The van der Waals surface area contributed by atoms with Gasteiger partial charge in [-0.15, -0.1) is 0 Å². The van der Waals surface area contributed by atoms with Crippen LogP contribution in [0, 0.1) is 0 Å². The van der Waals surface area contributed by atoms with Gasteiger partial charge in [-0.2, -0.15) is 0 Å². The summed E-state index contributed by atoms with van der Waals surface area (Å²) >= 11 is 0. The van der Waals surface area contributed by atoms with Crippen LogP contribution in [0.4, 0.5) is 0 Å². The van der Waals surface area contributed by atoms with Gasteiger partial charge >= 0.3 is 5.97 Å². The quantitative estimate of drug-likeness (QED) is 0.244. The normalized spacial score (nSPS) is 17.8. The first kappa shape index (κ1) is 23.0. The molecule has 155 valence electrons. The maximum absolute atomic E-state index is 13.2. The molecule has 2 aliphatic heterocycles. The van der Waals surface area contributed by atoms with E-state index in [9.17, 15) is 14.4 Å². The fourth-order valence-corrected chi connectivity index (χ4v) is 4.15. The molecule has 1 radical (unpaired) electrons. The number of esters is 1. The number of fused-ring (bicyclic) bond motifs is 5. The summed E-state index contributed by atoms with van der Waals surface area (Å²) in [6.07, 6.45) is 0.134. The summed E-state index contributed by atoms with van der Waals surface area (Å²) in [6.45, 7) is 6.54. The summed E-state index contributed by atoms with van der Waals surface area (Å²) < 4.78 is 11.9. The van der Waals surface area contributed by atoms with Crippen LogP contribution in [0.2, 0.25) is 0 Å². The molecule has 31 heavy (non-hydrogen) atoms. The number of pyridine rings is 2. The molecule has 0 saturated heterocycles. The molecule has 0 amide bonds. The van der Waals surface area contributed by atoms with Gasteiger partial charge in [-0.05, 0) is 24.6 Å². The van der Waals surface area contributed by atoms with E-state index in [1.54, 1.807) is 17.6 Å². The molecule has 0 spiro atoms. The van der Waals surface area contributed by atoms with Crippen LogP contribution in [0.25, 0.3) is 22.3 Å². The predicted molar refractivity (Wildman–Crippen MR) is 106 cm³/mol. The van der Waals surface area contributed by atoms with Crippen LogP contribution in [0.5, 0.6) is 0 Å². The van der Waals surface area contributed by atoms with Crippen molar-refractivity contribution in [2.45, 2.75) is 32.1 Å². The van der Waals surface area contributed by atoms with E-state index in [0.29, 0.717) is 29.1 Å². The van der Waals surface area contributed by atoms with E-state index in [4.69, 9.17) is 19.3 Å². The van der Waals surface area contributed by atoms with Crippen LogP contribution in [-0.4, -0.2) is 28.8 Å². The van der Waals surface area contributed by atoms with Crippen molar-refractivity contribution in [1.82, 2.24) is 9.55 Å². The molecule has 0 fully saturated rings. The summed E-state index contributed by atoms with van der Waals surface area (Å²) in [4.78, 5) is 49.1. The van der Waals surface area contributed by atoms with Crippen molar-refractivity contribution in [2.75, 3.05) is 0 Å². The molecule has 1 atom stereocenters. The summed E-state index contributed by atoms with van der Waals surface area (Å²) in [7, 11) is 0. The van der Waals surface area contributed by atoms with Gasteiger partial charge in [0, 0.05) is 49.2 Å². The number of hydrogen-bond acceptors (Lipinski definition) is 7. The minimum absolute atomic E-state index is 0. The first-order chi connectivity index (χ1) is 14.6. The van der Waals surface area contributed by atoms with E-state index in [2.05, 4.69) is 6.79 Å². The van der Waals surface area contributed by atoms with Crippen LogP contribution in [-0.2, 0) is 75.3 Å². The smallest absolute Gasteiger partial charge is 0.352 e. The number of aromatic nitrogens is 2. The molecule has 1 aromatic carbocycles. The summed E-state index contributed by atoms with van der Waals surface area (Å²) in [5.74, 6) is -0.695. The third kappa shape index (κ3) is 3.34. The van der Waals surface area contributed by atoms with Gasteiger partial charge in [-0.3, -0.25) is 11.6 Å². The van der Waals surface area contributed by atoms with Crippen LogP contribution in [0.1, 0.15) is 30.0 Å². The number of hydrogen-bond donors (Lipinski definition) is 0. The zero-order chi connectivity index (χ0) is 21.5. The standard InChI is InChI=1S/C21H15N2O5.CHO.Y/c1-2-21(28-11-24)15-8-17-18-13(7-12-5-3-4-6-16(12)22-18)9-23(17)19(25)14(15)10-27-20(21)26;1-2;/h3-8H,2,9-10H2,1H3;1H;/q2*-1;/t21-;;/m0../s1. The minimum Gasteiger partial charge on any atom is -0.638 e. The molecule has 0 bridgehead atoms. The number of benzene rings is 1. The molecule has 2 aromatic heterocycles. The third-order valence-electron chi connectivity index (χ3n) is 5.60. The van der Waals surface area contributed by atoms with Gasteiger partial charge in [0.2, 0.25) is 0 Å². The molecule has 9 heteroatoms. The van der Waals surface area contributed by atoms with Crippen molar-refractivity contribution in [1.29, 1.82) is 0 Å². The van der Waals surface area contributed by atoms with Gasteiger partial charge in [-0.1, -0.05) is 31.6 Å². The fourth-order valence-electron chi connectivity index (χ4n) is 4.15. The van der Waals surface area contributed by atoms with E-state index in [0.717, 1.165) is 16.5 Å². The SMILES string of the molecule is CC[C@@]1(O[C-]=O)C(=O)OCc2c1cc1n(c2=O)Cc2cc3ccccc3nc2-1.[CH-]=O.[Y]. The Hall–Kier alpha value is -2.71. The van der Waals surface area contributed by atoms with E-state index in [-0.39, 0.29) is 51.3 Å². The van der Waals surface area contributed by atoms with Gasteiger partial charge in [0.1, 0.15) is 6.61 Å². The maximum atomic E-state index is 13.2. The fraction of sp³-hybridized carbons (Fsp3) is 0.227. The van der Waals surface area contributed by atoms with Gasteiger partial charge in [0.15, 0.2) is 5.60 Å². The topological polar surface area (TPSA) is 105 Å². The molecule has 0 N–H and O–H groups in total. The van der Waals surface area contributed by atoms with Crippen molar-refractivity contribution >= 4 is 30.1 Å². The Morgan fingerprint density at radius 2 is 2.00 bits per heavy atom. The van der Waals surface area contributed by atoms with Crippen molar-refractivity contribution in [3.8, 4) is 11.4 Å². The molecular formula is C22H16N2O6Y-2. The van der Waals surface area contributed by atoms with E-state index >= 15 is 0 Å². The number of rotatable bonds is 3. The molecule has 4 heterocycles. The summed E-state index contributed by atoms with van der Waals surface area (Å²) in [5.41, 5.74) is 1.78. The average molecular weight is 493 g/mol. The summed E-state index contributed by atoms with van der Waals surface area (Å²) in [5, 5.41) is 0.993. The number of ether oxygens (including phenoxy) is 2. The molecule has 0 saturated carbocycles. The zero-order valence-corrected chi connectivity index (χ0v) is 19.4. The molecule has 2 aliphatic rings. The van der Waals surface area contributed by atoms with Crippen LogP contribution in [0.3, 0.4) is 0 Å². The first-order valence-electron chi connectivity index (χ1n) is 9.21. The van der Waals surface area contributed by atoms with Crippen LogP contribution in [0.15, 0.2) is 41.2 Å². The largest absolute Gasteiger partial charge is 0.638 e. The molecule has 8 nitrogen and oxygen atoms in total. The Bertz CT molecular complexity index is 1250. The van der Waals surface area contributed by atoms with Crippen molar-refractivity contribution < 1.29 is 56.6 Å². The molecule has 5 rings (SSSR count). The molecule has 0 unspecified atom stereocenters. The Balaban J connectivity index is 0.000000883. The Morgan fingerprint density at radius 3 is 2.71 bits per heavy atom. The predicted octanol–water partition coefficient (Wildman–Crippen LogP) is 1.89. The zero-order valence-electron chi connectivity index (χ0n) is 16.6. The van der Waals surface area contributed by atoms with Gasteiger partial charge in [0.25, 0.3) is 5.56 Å². The Labute approximate surface area is 202 Å². The number of para-hydroxylation sites is 1. The van der Waals surface area contributed by atoms with Crippen molar-refractivity contribution in [3.63, 3.8) is 0 Å². The Morgan fingerprint density at radius 1 is 1.26 bits per heavy atom. The van der Waals surface area contributed by atoms with Crippen molar-refractivity contribution in [3.05, 3.63) is 63.4 Å². The van der Waals surface area contributed by atoms with Gasteiger partial charge in [0.05, 0.1) is 29.0 Å². The van der Waals surface area contributed by atoms with Gasteiger partial charge in [-0.25, -0.2) is 9.78 Å². The maximum Gasteiger partial charge on any atom is 0.352 e. The third-order valence-corrected chi connectivity index (χ3v) is 5.60. The molecule has 0 aliphatic carbocycles. The van der Waals surface area contributed by atoms with Gasteiger partial charge < -0.3 is 23.6 Å². The minimum atomic E-state index is -1.66. The second-order valence-corrected chi connectivity index (χ2v) is 6.94. The number of cyclic esters (lactones) is 1. The van der Waals surface area contributed by atoms with E-state index in [1.807, 2.05) is 30.3 Å². The number of carbonyl (C=O) groups is 1. The number of nitrogens with zero attached hydrogens (tertiary/aromatic N) is 2. The second-order valence-electron chi connectivity index (χ2n) is 6.94. The first-order valence-corrected chi connectivity index (χ1v) is 9.21. The monoisotopic (exact) mass is 493 g/mol. The summed E-state index contributed by atoms with van der Waals surface area (Å²) in [6, 6.07) is 11.5. The van der Waals surface area contributed by atoms with E-state index in [1.165, 1.54) is 6.47 Å². The molecular weight excluding hydrogens is 477 g/mol. The Kier molecular flexibility index (Phi) is 6.52. The van der Waals surface area contributed by atoms with E-state index < -0.39 is 11.6 Å².